The SMILES string of the molecule is COc1cccc(/C=N/NC(=O)CSc2nnc(-c3ccc(Cl)cc3)n2C)c1. The molecule has 0 fully saturated rings. The Bertz CT molecular complexity index is 988. The van der Waals surface area contributed by atoms with Gasteiger partial charge in [0.1, 0.15) is 5.75 Å². The third kappa shape index (κ3) is 5.11. The number of hydrazone groups is 1. The van der Waals surface area contributed by atoms with E-state index in [1.165, 1.54) is 11.8 Å². The van der Waals surface area contributed by atoms with Crippen LogP contribution in [0, 0.1) is 0 Å². The summed E-state index contributed by atoms with van der Waals surface area (Å²) in [6.45, 7) is 0. The topological polar surface area (TPSA) is 81.4 Å². The fraction of sp³-hybridized carbons (Fsp3) is 0.158. The summed E-state index contributed by atoms with van der Waals surface area (Å²) in [6.07, 6.45) is 1.56. The van der Waals surface area contributed by atoms with Crippen LogP contribution in [0.3, 0.4) is 0 Å². The first-order valence-electron chi connectivity index (χ1n) is 8.31. The van der Waals surface area contributed by atoms with Gasteiger partial charge in [0.25, 0.3) is 5.91 Å². The molecule has 3 rings (SSSR count). The molecule has 0 radical (unpaired) electrons. The van der Waals surface area contributed by atoms with Crippen LogP contribution in [-0.4, -0.2) is 39.7 Å². The summed E-state index contributed by atoms with van der Waals surface area (Å²) in [5, 5.41) is 13.6. The maximum atomic E-state index is 12.0. The summed E-state index contributed by atoms with van der Waals surface area (Å²) >= 11 is 7.20. The molecule has 144 valence electrons. The second-order valence-corrected chi connectivity index (χ2v) is 7.11. The molecule has 0 aliphatic rings. The molecular formula is C19H18ClN5O2S. The molecule has 28 heavy (non-hydrogen) atoms. The van der Waals surface area contributed by atoms with Crippen molar-refractivity contribution >= 4 is 35.5 Å². The van der Waals surface area contributed by atoms with E-state index in [0.717, 1.165) is 16.9 Å². The number of carbonyl (C=O) groups is 1. The van der Waals surface area contributed by atoms with E-state index in [-0.39, 0.29) is 11.7 Å². The highest BCUT2D eigenvalue weighted by Crippen LogP contribution is 2.23. The van der Waals surface area contributed by atoms with E-state index in [9.17, 15) is 4.79 Å². The largest absolute Gasteiger partial charge is 0.497 e. The van der Waals surface area contributed by atoms with Crippen LogP contribution in [0.2, 0.25) is 5.02 Å². The summed E-state index contributed by atoms with van der Waals surface area (Å²) in [5.41, 5.74) is 4.23. The van der Waals surface area contributed by atoms with Crippen molar-refractivity contribution in [3.05, 3.63) is 59.1 Å². The predicted octanol–water partition coefficient (Wildman–Crippen LogP) is 3.39. The summed E-state index contributed by atoms with van der Waals surface area (Å²) in [4.78, 5) is 12.0. The van der Waals surface area contributed by atoms with Crippen LogP contribution in [0.15, 0.2) is 58.8 Å². The highest BCUT2D eigenvalue weighted by Gasteiger charge is 2.12. The molecule has 1 amide bonds. The molecule has 1 aromatic heterocycles. The van der Waals surface area contributed by atoms with Crippen molar-refractivity contribution in [2.24, 2.45) is 12.1 Å². The Balaban J connectivity index is 1.54. The molecule has 0 aliphatic carbocycles. The van der Waals surface area contributed by atoms with E-state index in [2.05, 4.69) is 20.7 Å². The molecule has 0 saturated heterocycles. The average Bonchev–Trinajstić information content (AvgIpc) is 3.07. The minimum Gasteiger partial charge on any atom is -0.497 e. The third-order valence-corrected chi connectivity index (χ3v) is 5.04. The molecule has 1 heterocycles. The highest BCUT2D eigenvalue weighted by molar-refractivity contribution is 7.99. The zero-order chi connectivity index (χ0) is 19.9. The fourth-order valence-corrected chi connectivity index (χ4v) is 3.18. The second kappa shape index (κ2) is 9.38. The average molecular weight is 416 g/mol. The second-order valence-electron chi connectivity index (χ2n) is 5.73. The molecule has 1 N–H and O–H groups in total. The maximum Gasteiger partial charge on any atom is 0.250 e. The number of nitrogens with zero attached hydrogens (tertiary/aromatic N) is 4. The number of aromatic nitrogens is 3. The van der Waals surface area contributed by atoms with Crippen LogP contribution in [0.1, 0.15) is 5.56 Å². The Morgan fingerprint density at radius 2 is 2.07 bits per heavy atom. The highest BCUT2D eigenvalue weighted by atomic mass is 35.5. The molecule has 0 bridgehead atoms. The van der Waals surface area contributed by atoms with Crippen molar-refractivity contribution in [1.29, 1.82) is 0 Å². The van der Waals surface area contributed by atoms with E-state index in [1.807, 2.05) is 48.0 Å². The Morgan fingerprint density at radius 3 is 2.82 bits per heavy atom. The standard InChI is InChI=1S/C19H18ClN5O2S/c1-25-18(14-6-8-15(20)9-7-14)23-24-19(25)28-12-17(26)22-21-11-13-4-3-5-16(10-13)27-2/h3-11H,12H2,1-2H3,(H,22,26)/b21-11+. The van der Waals surface area contributed by atoms with Crippen molar-refractivity contribution in [3.8, 4) is 17.1 Å². The minimum absolute atomic E-state index is 0.169. The zero-order valence-electron chi connectivity index (χ0n) is 15.3. The van der Waals surface area contributed by atoms with Crippen LogP contribution in [-0.2, 0) is 11.8 Å². The summed E-state index contributed by atoms with van der Waals surface area (Å²) in [7, 11) is 3.45. The van der Waals surface area contributed by atoms with Gasteiger partial charge in [0.2, 0.25) is 0 Å². The van der Waals surface area contributed by atoms with Crippen molar-refractivity contribution in [1.82, 2.24) is 20.2 Å². The Morgan fingerprint density at radius 1 is 1.29 bits per heavy atom. The van der Waals surface area contributed by atoms with Gasteiger partial charge in [0.15, 0.2) is 11.0 Å². The van der Waals surface area contributed by atoms with E-state index in [1.54, 1.807) is 25.5 Å². The quantitative estimate of drug-likeness (QED) is 0.363. The molecule has 0 saturated carbocycles. The van der Waals surface area contributed by atoms with E-state index in [0.29, 0.717) is 16.0 Å². The number of ether oxygens (including phenoxy) is 1. The summed E-state index contributed by atoms with van der Waals surface area (Å²) < 4.78 is 6.98. The predicted molar refractivity (Wildman–Crippen MR) is 111 cm³/mol. The molecule has 0 aliphatic heterocycles. The van der Waals surface area contributed by atoms with Gasteiger partial charge in [-0.1, -0.05) is 35.5 Å². The third-order valence-electron chi connectivity index (χ3n) is 3.77. The lowest BCUT2D eigenvalue weighted by Crippen LogP contribution is -2.19. The first-order valence-corrected chi connectivity index (χ1v) is 9.67. The number of thioether (sulfide) groups is 1. The van der Waals surface area contributed by atoms with Crippen LogP contribution in [0.25, 0.3) is 11.4 Å². The van der Waals surface area contributed by atoms with E-state index >= 15 is 0 Å². The van der Waals surface area contributed by atoms with E-state index in [4.69, 9.17) is 16.3 Å². The fourth-order valence-electron chi connectivity index (χ4n) is 2.35. The number of nitrogens with one attached hydrogen (secondary N) is 1. The number of amides is 1. The molecule has 3 aromatic rings. The monoisotopic (exact) mass is 415 g/mol. The summed E-state index contributed by atoms with van der Waals surface area (Å²) in [5.74, 6) is 1.36. The smallest absolute Gasteiger partial charge is 0.250 e. The maximum absolute atomic E-state index is 12.0. The Hall–Kier alpha value is -2.84. The molecule has 2 aromatic carbocycles. The first kappa shape index (κ1) is 19.9. The number of benzene rings is 2. The number of methoxy groups -OCH3 is 1. The van der Waals surface area contributed by atoms with Gasteiger partial charge in [-0.05, 0) is 42.0 Å². The lowest BCUT2D eigenvalue weighted by atomic mass is 10.2. The molecule has 9 heteroatoms. The van der Waals surface area contributed by atoms with Gasteiger partial charge < -0.3 is 9.30 Å². The molecule has 0 spiro atoms. The minimum atomic E-state index is -0.236. The number of rotatable bonds is 7. The van der Waals surface area contributed by atoms with Crippen molar-refractivity contribution in [2.75, 3.05) is 12.9 Å². The van der Waals surface area contributed by atoms with Gasteiger partial charge in [-0.3, -0.25) is 4.79 Å². The number of hydrogen-bond donors (Lipinski definition) is 1. The van der Waals surface area contributed by atoms with Gasteiger partial charge in [-0.2, -0.15) is 5.10 Å². The number of carbonyl (C=O) groups excluding carboxylic acids is 1. The van der Waals surface area contributed by atoms with Gasteiger partial charge >= 0.3 is 0 Å². The lowest BCUT2D eigenvalue weighted by molar-refractivity contribution is -0.118. The van der Waals surface area contributed by atoms with Crippen molar-refractivity contribution in [3.63, 3.8) is 0 Å². The van der Waals surface area contributed by atoms with Gasteiger partial charge in [-0.25, -0.2) is 5.43 Å². The first-order chi connectivity index (χ1) is 13.6. The normalized spacial score (nSPS) is 11.0. The van der Waals surface area contributed by atoms with Crippen LogP contribution < -0.4 is 10.2 Å². The van der Waals surface area contributed by atoms with Crippen LogP contribution >= 0.6 is 23.4 Å². The van der Waals surface area contributed by atoms with Crippen molar-refractivity contribution < 1.29 is 9.53 Å². The summed E-state index contributed by atoms with van der Waals surface area (Å²) in [6, 6.07) is 14.7. The Kier molecular flexibility index (Phi) is 6.67. The number of hydrogen-bond acceptors (Lipinski definition) is 6. The van der Waals surface area contributed by atoms with Gasteiger partial charge in [-0.15, -0.1) is 10.2 Å². The Labute approximate surface area is 171 Å². The van der Waals surface area contributed by atoms with Crippen LogP contribution in [0.4, 0.5) is 0 Å². The molecular weight excluding hydrogens is 398 g/mol. The lowest BCUT2D eigenvalue weighted by Gasteiger charge is -2.04. The van der Waals surface area contributed by atoms with Gasteiger partial charge in [0.05, 0.1) is 19.1 Å². The molecule has 7 nitrogen and oxygen atoms in total. The van der Waals surface area contributed by atoms with E-state index < -0.39 is 0 Å². The van der Waals surface area contributed by atoms with Gasteiger partial charge in [0, 0.05) is 17.6 Å². The molecule has 0 unspecified atom stereocenters. The zero-order valence-corrected chi connectivity index (χ0v) is 16.9. The van der Waals surface area contributed by atoms with Crippen LogP contribution in [0.5, 0.6) is 5.75 Å². The molecule has 0 atom stereocenters. The van der Waals surface area contributed by atoms with Crippen molar-refractivity contribution in [2.45, 2.75) is 5.16 Å². The number of halogens is 1.